The van der Waals surface area contributed by atoms with Gasteiger partial charge in [0, 0.05) is 79.9 Å². The average Bonchev–Trinajstić information content (AvgIpc) is 3.31. The zero-order chi connectivity index (χ0) is 30.2. The molecule has 10 nitrogen and oxygen atoms in total. The number of nitrogens with one attached hydrogen (secondary N) is 1. The fourth-order valence-electron chi connectivity index (χ4n) is 6.78. The van der Waals surface area contributed by atoms with Crippen LogP contribution in [0.3, 0.4) is 0 Å². The molecule has 2 aromatic heterocycles. The highest BCUT2D eigenvalue weighted by atomic mass is 35.5. The highest BCUT2D eigenvalue weighted by molar-refractivity contribution is 6.33. The SMILES string of the molecule is CN1CCN(c2ncnc3c2c(-c2ccccc2Cl)cn3CC(=O)N2CCC(N3CCc4ccccc4NC3=O)CC2)CC1. The van der Waals surface area contributed by atoms with E-state index in [0.29, 0.717) is 24.7 Å². The van der Waals surface area contributed by atoms with Gasteiger partial charge in [0.15, 0.2) is 0 Å². The zero-order valence-electron chi connectivity index (χ0n) is 25.0. The van der Waals surface area contributed by atoms with Crippen molar-refractivity contribution in [3.05, 3.63) is 71.6 Å². The number of carbonyl (C=O) groups excluding carboxylic acids is 2. The molecule has 44 heavy (non-hydrogen) atoms. The molecule has 0 radical (unpaired) electrons. The van der Waals surface area contributed by atoms with Crippen molar-refractivity contribution in [2.24, 2.45) is 0 Å². The predicted octanol–water partition coefficient (Wildman–Crippen LogP) is 4.58. The van der Waals surface area contributed by atoms with Gasteiger partial charge in [-0.1, -0.05) is 48.0 Å². The van der Waals surface area contributed by atoms with Gasteiger partial charge in [-0.2, -0.15) is 0 Å². The molecule has 4 aromatic rings. The Kier molecular flexibility index (Phi) is 7.86. The third kappa shape index (κ3) is 5.48. The Bertz CT molecular complexity index is 1690. The molecular weight excluding hydrogens is 576 g/mol. The lowest BCUT2D eigenvalue weighted by molar-refractivity contribution is -0.133. The Morgan fingerprint density at radius 1 is 0.932 bits per heavy atom. The van der Waals surface area contributed by atoms with E-state index >= 15 is 0 Å². The molecule has 228 valence electrons. The van der Waals surface area contributed by atoms with E-state index < -0.39 is 0 Å². The van der Waals surface area contributed by atoms with Crippen LogP contribution in [0.4, 0.5) is 16.3 Å². The predicted molar refractivity (Wildman–Crippen MR) is 173 cm³/mol. The minimum absolute atomic E-state index is 0.0403. The lowest BCUT2D eigenvalue weighted by atomic mass is 10.0. The summed E-state index contributed by atoms with van der Waals surface area (Å²) in [6.45, 7) is 5.70. The van der Waals surface area contributed by atoms with Crippen LogP contribution in [-0.2, 0) is 17.8 Å². The van der Waals surface area contributed by atoms with Crippen molar-refractivity contribution in [1.82, 2.24) is 29.2 Å². The Morgan fingerprint density at radius 3 is 2.48 bits per heavy atom. The normalized spacial score (nSPS) is 18.3. The summed E-state index contributed by atoms with van der Waals surface area (Å²) < 4.78 is 1.95. The van der Waals surface area contributed by atoms with Crippen LogP contribution in [0.1, 0.15) is 18.4 Å². The largest absolute Gasteiger partial charge is 0.353 e. The molecule has 2 aromatic carbocycles. The Morgan fingerprint density at radius 2 is 1.68 bits per heavy atom. The van der Waals surface area contributed by atoms with E-state index in [1.807, 2.05) is 63.0 Å². The number of hydrogen-bond donors (Lipinski definition) is 1. The van der Waals surface area contributed by atoms with Crippen molar-refractivity contribution in [3.63, 3.8) is 0 Å². The van der Waals surface area contributed by atoms with Crippen LogP contribution in [0.5, 0.6) is 0 Å². The summed E-state index contributed by atoms with van der Waals surface area (Å²) in [6, 6.07) is 15.8. The topological polar surface area (TPSA) is 89.8 Å². The van der Waals surface area contributed by atoms with Crippen LogP contribution in [0.15, 0.2) is 61.1 Å². The molecule has 2 fully saturated rings. The summed E-state index contributed by atoms with van der Waals surface area (Å²) >= 11 is 6.70. The summed E-state index contributed by atoms with van der Waals surface area (Å²) in [7, 11) is 2.13. The minimum Gasteiger partial charge on any atom is -0.353 e. The second-order valence-corrected chi connectivity index (χ2v) is 12.4. The number of amides is 3. The number of piperidine rings is 1. The van der Waals surface area contributed by atoms with Crippen molar-refractivity contribution in [2.75, 3.05) is 63.1 Å². The Labute approximate surface area is 262 Å². The highest BCUT2D eigenvalue weighted by Gasteiger charge is 2.32. The number of halogens is 1. The number of fused-ring (bicyclic) bond motifs is 2. The highest BCUT2D eigenvalue weighted by Crippen LogP contribution is 2.38. The number of anilines is 2. The molecule has 0 unspecified atom stereocenters. The van der Waals surface area contributed by atoms with Crippen molar-refractivity contribution >= 4 is 46.1 Å². The van der Waals surface area contributed by atoms with Gasteiger partial charge in [-0.3, -0.25) is 4.79 Å². The first-order valence-electron chi connectivity index (χ1n) is 15.4. The summed E-state index contributed by atoms with van der Waals surface area (Å²) in [6.07, 6.45) is 5.93. The van der Waals surface area contributed by atoms with E-state index in [-0.39, 0.29) is 24.5 Å². The Balaban J connectivity index is 1.10. The molecule has 1 N–H and O–H groups in total. The molecule has 0 atom stereocenters. The van der Waals surface area contributed by atoms with E-state index in [4.69, 9.17) is 16.6 Å². The number of nitrogens with zero attached hydrogens (tertiary/aromatic N) is 7. The van der Waals surface area contributed by atoms with E-state index in [1.54, 1.807) is 6.33 Å². The van der Waals surface area contributed by atoms with Gasteiger partial charge >= 0.3 is 6.03 Å². The second-order valence-electron chi connectivity index (χ2n) is 12.0. The number of piperazine rings is 1. The van der Waals surface area contributed by atoms with Gasteiger partial charge in [0.25, 0.3) is 0 Å². The summed E-state index contributed by atoms with van der Waals surface area (Å²) in [5.74, 6) is 0.918. The molecule has 5 heterocycles. The number of likely N-dealkylation sites (tertiary alicyclic amines) is 1. The van der Waals surface area contributed by atoms with Crippen LogP contribution in [0.2, 0.25) is 5.02 Å². The first-order valence-corrected chi connectivity index (χ1v) is 15.8. The number of carbonyl (C=O) groups is 2. The van der Waals surface area contributed by atoms with Crippen LogP contribution in [-0.4, -0.2) is 100 Å². The molecule has 3 aliphatic rings. The summed E-state index contributed by atoms with van der Waals surface area (Å²) in [5.41, 5.74) is 4.61. The molecule has 3 aliphatic heterocycles. The fraction of sp³-hybridized carbons (Fsp3) is 0.394. The van der Waals surface area contributed by atoms with Crippen molar-refractivity contribution in [2.45, 2.75) is 31.8 Å². The zero-order valence-corrected chi connectivity index (χ0v) is 25.7. The molecular formula is C33H37ClN8O2. The van der Waals surface area contributed by atoms with Crippen molar-refractivity contribution < 1.29 is 9.59 Å². The first-order chi connectivity index (χ1) is 21.5. The number of hydrogen-bond acceptors (Lipinski definition) is 6. The second kappa shape index (κ2) is 12.1. The third-order valence-electron chi connectivity index (χ3n) is 9.31. The maximum absolute atomic E-state index is 13.7. The van der Waals surface area contributed by atoms with Gasteiger partial charge in [-0.05, 0) is 44.0 Å². The Hall–Kier alpha value is -4.15. The number of rotatable bonds is 5. The molecule has 11 heteroatoms. The maximum Gasteiger partial charge on any atom is 0.322 e. The van der Waals surface area contributed by atoms with Gasteiger partial charge < -0.3 is 29.5 Å². The van der Waals surface area contributed by atoms with Crippen molar-refractivity contribution in [1.29, 1.82) is 0 Å². The van der Waals surface area contributed by atoms with Crippen LogP contribution in [0, 0.1) is 0 Å². The number of likely N-dealkylation sites (N-methyl/N-ethyl adjacent to an activating group) is 1. The summed E-state index contributed by atoms with van der Waals surface area (Å²) in [5, 5.41) is 4.65. The van der Waals surface area contributed by atoms with Crippen LogP contribution >= 0.6 is 11.6 Å². The molecule has 2 saturated heterocycles. The maximum atomic E-state index is 13.7. The molecule has 7 rings (SSSR count). The fourth-order valence-corrected chi connectivity index (χ4v) is 7.02. The van der Waals surface area contributed by atoms with E-state index in [1.165, 1.54) is 0 Å². The van der Waals surface area contributed by atoms with Gasteiger partial charge in [0.05, 0.1) is 5.39 Å². The summed E-state index contributed by atoms with van der Waals surface area (Å²) in [4.78, 5) is 44.7. The number of benzene rings is 2. The first kappa shape index (κ1) is 28.6. The quantitative estimate of drug-likeness (QED) is 0.355. The standard InChI is InChI=1S/C33H37ClN8O2/c1-38-16-18-40(19-17-38)31-30-26(25-7-3-4-8-27(25)34)20-41(32(30)36-22-35-31)21-29(43)39-13-11-24(12-14-39)42-15-10-23-6-2-5-9-28(23)37-33(42)44/h2-9,20,22,24H,10-19,21H2,1H3,(H,37,44). The minimum atomic E-state index is -0.0542. The van der Waals surface area contributed by atoms with Gasteiger partial charge in [-0.15, -0.1) is 0 Å². The molecule has 0 aliphatic carbocycles. The monoisotopic (exact) mass is 612 g/mol. The van der Waals surface area contributed by atoms with Crippen molar-refractivity contribution in [3.8, 4) is 11.1 Å². The molecule has 0 bridgehead atoms. The van der Waals surface area contributed by atoms with Gasteiger partial charge in [-0.25, -0.2) is 14.8 Å². The third-order valence-corrected chi connectivity index (χ3v) is 9.64. The van der Waals surface area contributed by atoms with Crippen LogP contribution < -0.4 is 10.2 Å². The van der Waals surface area contributed by atoms with E-state index in [2.05, 4.69) is 33.2 Å². The van der Waals surface area contributed by atoms with Crippen LogP contribution in [0.25, 0.3) is 22.2 Å². The smallest absolute Gasteiger partial charge is 0.322 e. The van der Waals surface area contributed by atoms with E-state index in [9.17, 15) is 9.59 Å². The van der Waals surface area contributed by atoms with Gasteiger partial charge in [0.1, 0.15) is 24.3 Å². The average molecular weight is 613 g/mol. The number of aromatic nitrogens is 3. The number of para-hydroxylation sites is 1. The van der Waals surface area contributed by atoms with Gasteiger partial charge in [0.2, 0.25) is 5.91 Å². The number of urea groups is 1. The molecule has 0 spiro atoms. The molecule has 3 amide bonds. The lowest BCUT2D eigenvalue weighted by Gasteiger charge is -2.38. The lowest BCUT2D eigenvalue weighted by Crippen LogP contribution is -2.50. The molecule has 0 saturated carbocycles. The van der Waals surface area contributed by atoms with E-state index in [0.717, 1.165) is 84.7 Å².